The predicted octanol–water partition coefficient (Wildman–Crippen LogP) is 2.31. The first-order valence-electron chi connectivity index (χ1n) is 6.85. The summed E-state index contributed by atoms with van der Waals surface area (Å²) in [5.74, 6) is -0.156. The smallest absolute Gasteiger partial charge is 0.257 e. The quantitative estimate of drug-likeness (QED) is 0.854. The number of carbonyl (C=O) groups excluding carboxylic acids is 1. The molecule has 0 aliphatic carbocycles. The summed E-state index contributed by atoms with van der Waals surface area (Å²) in [5.41, 5.74) is 2.35. The van der Waals surface area contributed by atoms with Crippen molar-refractivity contribution in [3.8, 4) is 0 Å². The summed E-state index contributed by atoms with van der Waals surface area (Å²) in [4.78, 5) is 18.0. The number of pyridine rings is 1. The van der Waals surface area contributed by atoms with Gasteiger partial charge >= 0.3 is 0 Å². The van der Waals surface area contributed by atoms with Gasteiger partial charge in [0.05, 0.1) is 5.56 Å². The number of hydrogen-bond donors (Lipinski definition) is 2. The third-order valence-corrected chi connectivity index (χ3v) is 2.95. The zero-order chi connectivity index (χ0) is 15.1. The number of hydrogen-bond acceptors (Lipinski definition) is 4. The van der Waals surface area contributed by atoms with E-state index >= 15 is 0 Å². The number of rotatable bonds is 6. The number of anilines is 2. The molecule has 5 nitrogen and oxygen atoms in total. The number of aromatic nitrogens is 1. The van der Waals surface area contributed by atoms with E-state index in [4.69, 9.17) is 0 Å². The highest BCUT2D eigenvalue weighted by molar-refractivity contribution is 6.04. The molecule has 1 heterocycles. The van der Waals surface area contributed by atoms with Gasteiger partial charge in [-0.25, -0.2) is 0 Å². The van der Waals surface area contributed by atoms with E-state index in [-0.39, 0.29) is 5.91 Å². The van der Waals surface area contributed by atoms with Crippen LogP contribution in [0.1, 0.15) is 10.4 Å². The second kappa shape index (κ2) is 7.40. The van der Waals surface area contributed by atoms with E-state index in [1.165, 1.54) is 0 Å². The van der Waals surface area contributed by atoms with Gasteiger partial charge < -0.3 is 15.5 Å². The molecule has 1 aromatic heterocycles. The summed E-state index contributed by atoms with van der Waals surface area (Å²) in [6.07, 6.45) is 3.19. The van der Waals surface area contributed by atoms with Crippen molar-refractivity contribution in [3.63, 3.8) is 0 Å². The van der Waals surface area contributed by atoms with Gasteiger partial charge in [0.2, 0.25) is 0 Å². The number of nitrogens with one attached hydrogen (secondary N) is 2. The molecular formula is C16H20N4O. The van der Waals surface area contributed by atoms with Crippen LogP contribution in [0.15, 0.2) is 48.8 Å². The molecule has 0 aliphatic rings. The molecule has 0 atom stereocenters. The van der Waals surface area contributed by atoms with Crippen LogP contribution >= 0.6 is 0 Å². The van der Waals surface area contributed by atoms with Crippen molar-refractivity contribution < 1.29 is 4.79 Å². The fraction of sp³-hybridized carbons (Fsp3) is 0.250. The number of carbonyl (C=O) groups is 1. The van der Waals surface area contributed by atoms with Crippen molar-refractivity contribution in [3.05, 3.63) is 54.4 Å². The van der Waals surface area contributed by atoms with Crippen molar-refractivity contribution in [2.75, 3.05) is 37.8 Å². The lowest BCUT2D eigenvalue weighted by Crippen LogP contribution is -2.20. The minimum atomic E-state index is -0.156. The number of likely N-dealkylation sites (N-methyl/N-ethyl adjacent to an activating group) is 1. The van der Waals surface area contributed by atoms with Gasteiger partial charge in [-0.1, -0.05) is 0 Å². The van der Waals surface area contributed by atoms with E-state index in [0.717, 1.165) is 24.5 Å². The normalized spacial score (nSPS) is 10.4. The van der Waals surface area contributed by atoms with Gasteiger partial charge in [-0.15, -0.1) is 0 Å². The average Bonchev–Trinajstić information content (AvgIpc) is 2.49. The van der Waals surface area contributed by atoms with Gasteiger partial charge in [0.15, 0.2) is 0 Å². The topological polar surface area (TPSA) is 57.3 Å². The third-order valence-electron chi connectivity index (χ3n) is 2.95. The largest absolute Gasteiger partial charge is 0.384 e. The summed E-state index contributed by atoms with van der Waals surface area (Å²) in [6, 6.07) is 11.1. The number of nitrogens with zero attached hydrogens (tertiary/aromatic N) is 2. The molecule has 21 heavy (non-hydrogen) atoms. The second-order valence-corrected chi connectivity index (χ2v) is 5.00. The van der Waals surface area contributed by atoms with Crippen LogP contribution in [0, 0.1) is 0 Å². The van der Waals surface area contributed by atoms with Crippen molar-refractivity contribution >= 4 is 17.3 Å². The number of benzene rings is 1. The van der Waals surface area contributed by atoms with Gasteiger partial charge in [-0.05, 0) is 50.5 Å². The van der Waals surface area contributed by atoms with Crippen LogP contribution in [-0.4, -0.2) is 43.0 Å². The fourth-order valence-electron chi connectivity index (χ4n) is 1.80. The maximum absolute atomic E-state index is 12.0. The van der Waals surface area contributed by atoms with Gasteiger partial charge in [-0.2, -0.15) is 0 Å². The lowest BCUT2D eigenvalue weighted by Gasteiger charge is -2.12. The first kappa shape index (κ1) is 15.0. The van der Waals surface area contributed by atoms with E-state index in [1.807, 2.05) is 38.4 Å². The zero-order valence-corrected chi connectivity index (χ0v) is 12.3. The Morgan fingerprint density at radius 3 is 2.48 bits per heavy atom. The fourth-order valence-corrected chi connectivity index (χ4v) is 1.80. The molecule has 1 aromatic carbocycles. The standard InChI is InChI=1S/C16H20N4O/c1-20(2)11-10-18-14-5-7-15(8-6-14)19-16(21)13-4-3-9-17-12-13/h3-9,12,18H,10-11H2,1-2H3,(H,19,21). The molecule has 2 N–H and O–H groups in total. The van der Waals surface area contributed by atoms with Gasteiger partial charge in [-0.3, -0.25) is 9.78 Å². The Morgan fingerprint density at radius 2 is 1.86 bits per heavy atom. The highest BCUT2D eigenvalue weighted by Gasteiger charge is 2.05. The van der Waals surface area contributed by atoms with Gasteiger partial charge in [0, 0.05) is 36.9 Å². The van der Waals surface area contributed by atoms with Crippen molar-refractivity contribution in [2.45, 2.75) is 0 Å². The summed E-state index contributed by atoms with van der Waals surface area (Å²) >= 11 is 0. The van der Waals surface area contributed by atoms with E-state index < -0.39 is 0 Å². The molecule has 0 fully saturated rings. The van der Waals surface area contributed by atoms with Gasteiger partial charge in [0.1, 0.15) is 0 Å². The summed E-state index contributed by atoms with van der Waals surface area (Å²) in [6.45, 7) is 1.86. The zero-order valence-electron chi connectivity index (χ0n) is 12.3. The highest BCUT2D eigenvalue weighted by Crippen LogP contribution is 2.14. The molecular weight excluding hydrogens is 264 g/mol. The maximum atomic E-state index is 12.0. The molecule has 0 bridgehead atoms. The first-order chi connectivity index (χ1) is 10.1. The minimum absolute atomic E-state index is 0.156. The lowest BCUT2D eigenvalue weighted by atomic mass is 10.2. The van der Waals surface area contributed by atoms with E-state index in [9.17, 15) is 4.79 Å². The Labute approximate surface area is 125 Å². The molecule has 0 spiro atoms. The SMILES string of the molecule is CN(C)CCNc1ccc(NC(=O)c2cccnc2)cc1. The molecule has 0 radical (unpaired) electrons. The van der Waals surface area contributed by atoms with Crippen LogP contribution in [0.3, 0.4) is 0 Å². The molecule has 0 saturated carbocycles. The molecule has 110 valence electrons. The molecule has 0 saturated heterocycles. The molecule has 2 aromatic rings. The predicted molar refractivity (Wildman–Crippen MR) is 85.7 cm³/mol. The van der Waals surface area contributed by atoms with Crippen LogP contribution < -0.4 is 10.6 Å². The van der Waals surface area contributed by atoms with Crippen LogP contribution in [0.25, 0.3) is 0 Å². The Bertz CT molecular complexity index is 567. The molecule has 0 unspecified atom stereocenters. The first-order valence-corrected chi connectivity index (χ1v) is 6.85. The van der Waals surface area contributed by atoms with E-state index in [2.05, 4.69) is 20.5 Å². The summed E-state index contributed by atoms with van der Waals surface area (Å²) in [7, 11) is 4.08. The average molecular weight is 284 g/mol. The number of amides is 1. The molecule has 0 aliphatic heterocycles. The Morgan fingerprint density at radius 1 is 1.14 bits per heavy atom. The van der Waals surface area contributed by atoms with Crippen LogP contribution in [0.4, 0.5) is 11.4 Å². The van der Waals surface area contributed by atoms with Crippen LogP contribution in [0.5, 0.6) is 0 Å². The minimum Gasteiger partial charge on any atom is -0.384 e. The third kappa shape index (κ3) is 4.89. The highest BCUT2D eigenvalue weighted by atomic mass is 16.1. The molecule has 1 amide bonds. The Hall–Kier alpha value is -2.40. The van der Waals surface area contributed by atoms with E-state index in [1.54, 1.807) is 24.5 Å². The van der Waals surface area contributed by atoms with Crippen molar-refractivity contribution in [1.29, 1.82) is 0 Å². The van der Waals surface area contributed by atoms with Crippen LogP contribution in [-0.2, 0) is 0 Å². The Kier molecular flexibility index (Phi) is 5.29. The maximum Gasteiger partial charge on any atom is 0.257 e. The Balaban J connectivity index is 1.89. The van der Waals surface area contributed by atoms with E-state index in [0.29, 0.717) is 5.56 Å². The summed E-state index contributed by atoms with van der Waals surface area (Å²) in [5, 5.41) is 6.17. The van der Waals surface area contributed by atoms with Crippen LogP contribution in [0.2, 0.25) is 0 Å². The second-order valence-electron chi connectivity index (χ2n) is 5.00. The molecule has 5 heteroatoms. The summed E-state index contributed by atoms with van der Waals surface area (Å²) < 4.78 is 0. The lowest BCUT2D eigenvalue weighted by molar-refractivity contribution is 0.102. The van der Waals surface area contributed by atoms with Gasteiger partial charge in [0.25, 0.3) is 5.91 Å². The van der Waals surface area contributed by atoms with Crippen molar-refractivity contribution in [2.24, 2.45) is 0 Å². The molecule has 2 rings (SSSR count). The monoisotopic (exact) mass is 284 g/mol. The van der Waals surface area contributed by atoms with Crippen molar-refractivity contribution in [1.82, 2.24) is 9.88 Å².